The number of alkyl halides is 1. The minimum Gasteiger partial charge on any atom is -0.295 e. The van der Waals surface area contributed by atoms with Gasteiger partial charge < -0.3 is 0 Å². The highest BCUT2D eigenvalue weighted by Gasteiger charge is 2.21. The Morgan fingerprint density at radius 3 is 1.52 bits per heavy atom. The molecule has 0 N–H and O–H groups in total. The van der Waals surface area contributed by atoms with Crippen molar-refractivity contribution >= 4 is 0 Å². The van der Waals surface area contributed by atoms with Crippen molar-refractivity contribution < 1.29 is 4.39 Å². The first-order valence-electron chi connectivity index (χ1n) is 9.94. The Labute approximate surface area is 156 Å². The molecule has 0 aromatic rings. The normalized spacial score (nSPS) is 18.9. The molecule has 0 unspecified atom stereocenters. The van der Waals surface area contributed by atoms with Crippen molar-refractivity contribution in [3.63, 3.8) is 0 Å². The molecule has 2 heterocycles. The van der Waals surface area contributed by atoms with Crippen LogP contribution in [0.3, 0.4) is 0 Å². The molecular formula is C22H41FN2. The van der Waals surface area contributed by atoms with Crippen LogP contribution in [0.4, 0.5) is 4.39 Å². The lowest BCUT2D eigenvalue weighted by Crippen LogP contribution is -2.41. The van der Waals surface area contributed by atoms with E-state index in [1.165, 1.54) is 31.6 Å². The van der Waals surface area contributed by atoms with Crippen LogP contribution in [-0.4, -0.2) is 55.7 Å². The highest BCUT2D eigenvalue weighted by molar-refractivity contribution is 5.18. The Hall–Kier alpha value is -0.670. The van der Waals surface area contributed by atoms with Crippen LogP contribution in [0.5, 0.6) is 0 Å². The van der Waals surface area contributed by atoms with Gasteiger partial charge in [-0.25, -0.2) is 0 Å². The van der Waals surface area contributed by atoms with Gasteiger partial charge in [0.1, 0.15) is 0 Å². The second-order valence-electron chi connectivity index (χ2n) is 9.80. The fourth-order valence-electron chi connectivity index (χ4n) is 3.38. The molecule has 0 saturated carbocycles. The molecule has 0 aromatic heterocycles. The standard InChI is InChI=1S/C11H20FN.C11H21N/c1-11(2,3)7-10-8-13(9-10)6-4-5-12;1-5-6-12-8-10(9-12)7-11(2,3)4/h7H,4-6,8-9H2,1-3H3;7H,5-6,8-9H2,1-4H3. The van der Waals surface area contributed by atoms with Crippen LogP contribution in [0.25, 0.3) is 0 Å². The second kappa shape index (κ2) is 9.87. The fourth-order valence-corrected chi connectivity index (χ4v) is 3.38. The Bertz CT molecular complexity index is 436. The van der Waals surface area contributed by atoms with Crippen molar-refractivity contribution in [3.8, 4) is 0 Å². The largest absolute Gasteiger partial charge is 0.295 e. The quantitative estimate of drug-likeness (QED) is 0.618. The zero-order valence-electron chi connectivity index (χ0n) is 17.8. The summed E-state index contributed by atoms with van der Waals surface area (Å²) in [6, 6.07) is 0. The summed E-state index contributed by atoms with van der Waals surface area (Å²) in [4.78, 5) is 4.79. The Balaban J connectivity index is 0.000000251. The van der Waals surface area contributed by atoms with Crippen LogP contribution < -0.4 is 0 Å². The lowest BCUT2D eigenvalue weighted by molar-refractivity contribution is 0.234. The van der Waals surface area contributed by atoms with Crippen molar-refractivity contribution in [2.45, 2.75) is 61.3 Å². The Morgan fingerprint density at radius 2 is 1.20 bits per heavy atom. The van der Waals surface area contributed by atoms with E-state index in [-0.39, 0.29) is 6.67 Å². The molecule has 2 fully saturated rings. The highest BCUT2D eigenvalue weighted by Crippen LogP contribution is 2.24. The maximum atomic E-state index is 11.8. The number of halogens is 1. The van der Waals surface area contributed by atoms with Crippen LogP contribution in [0, 0.1) is 10.8 Å². The number of rotatable bonds is 5. The van der Waals surface area contributed by atoms with E-state index in [0.717, 1.165) is 19.6 Å². The van der Waals surface area contributed by atoms with E-state index in [1.807, 2.05) is 0 Å². The van der Waals surface area contributed by atoms with Crippen LogP contribution in [0.15, 0.2) is 23.3 Å². The third-order valence-corrected chi connectivity index (χ3v) is 4.13. The third-order valence-electron chi connectivity index (χ3n) is 4.13. The summed E-state index contributed by atoms with van der Waals surface area (Å²) in [5, 5.41) is 0. The van der Waals surface area contributed by atoms with Gasteiger partial charge in [0.15, 0.2) is 0 Å². The minimum absolute atomic E-state index is 0.186. The summed E-state index contributed by atoms with van der Waals surface area (Å²) in [6.07, 6.45) is 6.71. The van der Waals surface area contributed by atoms with Gasteiger partial charge in [-0.3, -0.25) is 14.2 Å². The monoisotopic (exact) mass is 352 g/mol. The smallest absolute Gasteiger partial charge is 0.0906 e. The number of hydrogen-bond acceptors (Lipinski definition) is 2. The molecule has 0 spiro atoms. The zero-order valence-corrected chi connectivity index (χ0v) is 17.8. The van der Waals surface area contributed by atoms with Crippen LogP contribution in [0.1, 0.15) is 61.3 Å². The fraction of sp³-hybridized carbons (Fsp3) is 0.818. The van der Waals surface area contributed by atoms with Gasteiger partial charge in [-0.2, -0.15) is 0 Å². The predicted octanol–water partition coefficient (Wildman–Crippen LogP) is 5.32. The lowest BCUT2D eigenvalue weighted by Gasteiger charge is -2.35. The molecule has 0 aromatic carbocycles. The van der Waals surface area contributed by atoms with Gasteiger partial charge in [0.25, 0.3) is 0 Å². The SMILES string of the molecule is CC(C)(C)C=C1CN(CCCF)C1.CCCN1CC(=CC(C)(C)C)C1. The van der Waals surface area contributed by atoms with Gasteiger partial charge in [0.05, 0.1) is 6.67 Å². The van der Waals surface area contributed by atoms with Crippen LogP contribution in [0.2, 0.25) is 0 Å². The van der Waals surface area contributed by atoms with Crippen molar-refractivity contribution in [3.05, 3.63) is 23.3 Å². The van der Waals surface area contributed by atoms with Crippen molar-refractivity contribution in [1.29, 1.82) is 0 Å². The van der Waals surface area contributed by atoms with E-state index in [0.29, 0.717) is 17.3 Å². The van der Waals surface area contributed by atoms with E-state index in [9.17, 15) is 4.39 Å². The van der Waals surface area contributed by atoms with Crippen LogP contribution in [-0.2, 0) is 0 Å². The van der Waals surface area contributed by atoms with Crippen molar-refractivity contribution in [2.75, 3.05) is 45.9 Å². The molecule has 0 aliphatic carbocycles. The molecule has 0 amide bonds. The Morgan fingerprint density at radius 1 is 0.800 bits per heavy atom. The van der Waals surface area contributed by atoms with E-state index in [1.54, 1.807) is 5.57 Å². The molecule has 2 nitrogen and oxygen atoms in total. The predicted molar refractivity (Wildman–Crippen MR) is 109 cm³/mol. The molecule has 2 aliphatic heterocycles. The maximum Gasteiger partial charge on any atom is 0.0906 e. The van der Waals surface area contributed by atoms with Gasteiger partial charge in [0, 0.05) is 32.7 Å². The molecule has 0 radical (unpaired) electrons. The first-order valence-corrected chi connectivity index (χ1v) is 9.94. The molecule has 3 heteroatoms. The summed E-state index contributed by atoms with van der Waals surface area (Å²) in [6.45, 7) is 22.2. The highest BCUT2D eigenvalue weighted by atomic mass is 19.1. The number of likely N-dealkylation sites (tertiary alicyclic amines) is 2. The van der Waals surface area contributed by atoms with Gasteiger partial charge in [0.2, 0.25) is 0 Å². The topological polar surface area (TPSA) is 6.48 Å². The lowest BCUT2D eigenvalue weighted by atomic mass is 9.91. The van der Waals surface area contributed by atoms with Crippen LogP contribution >= 0.6 is 0 Å². The summed E-state index contributed by atoms with van der Waals surface area (Å²) in [5.74, 6) is 0. The Kier molecular flexibility index (Phi) is 8.83. The zero-order chi connectivity index (χ0) is 19.1. The summed E-state index contributed by atoms with van der Waals surface area (Å²) in [7, 11) is 0. The molecule has 2 rings (SSSR count). The van der Waals surface area contributed by atoms with E-state index in [4.69, 9.17) is 0 Å². The molecule has 2 aliphatic rings. The van der Waals surface area contributed by atoms with Gasteiger partial charge in [-0.05, 0) is 41.4 Å². The van der Waals surface area contributed by atoms with E-state index in [2.05, 4.69) is 70.4 Å². The molecular weight excluding hydrogens is 311 g/mol. The van der Waals surface area contributed by atoms with Crippen molar-refractivity contribution in [2.24, 2.45) is 10.8 Å². The summed E-state index contributed by atoms with van der Waals surface area (Å²) in [5.41, 5.74) is 3.79. The molecule has 25 heavy (non-hydrogen) atoms. The number of nitrogens with zero attached hydrogens (tertiary/aromatic N) is 2. The third kappa shape index (κ3) is 10.2. The summed E-state index contributed by atoms with van der Waals surface area (Å²) < 4.78 is 11.8. The molecule has 146 valence electrons. The molecule has 2 saturated heterocycles. The number of hydrogen-bond donors (Lipinski definition) is 0. The average Bonchev–Trinajstić information content (AvgIpc) is 2.37. The van der Waals surface area contributed by atoms with E-state index >= 15 is 0 Å². The van der Waals surface area contributed by atoms with E-state index < -0.39 is 0 Å². The summed E-state index contributed by atoms with van der Waals surface area (Å²) >= 11 is 0. The number of allylic oxidation sites excluding steroid dienone is 2. The van der Waals surface area contributed by atoms with Gasteiger partial charge in [-0.15, -0.1) is 0 Å². The first kappa shape index (κ1) is 22.4. The molecule has 0 atom stereocenters. The van der Waals surface area contributed by atoms with Crippen molar-refractivity contribution in [1.82, 2.24) is 9.80 Å². The second-order valence-corrected chi connectivity index (χ2v) is 9.80. The van der Waals surface area contributed by atoms with Gasteiger partial charge in [-0.1, -0.05) is 60.6 Å². The average molecular weight is 353 g/mol. The maximum absolute atomic E-state index is 11.8. The van der Waals surface area contributed by atoms with Gasteiger partial charge >= 0.3 is 0 Å². The minimum atomic E-state index is -0.186. The first-order chi connectivity index (χ1) is 11.5. The molecule has 0 bridgehead atoms.